The van der Waals surface area contributed by atoms with E-state index in [0.717, 1.165) is 0 Å². The molecule has 5 rings (SSSR count). The number of pyridine rings is 1. The van der Waals surface area contributed by atoms with Crippen LogP contribution in [0, 0.1) is 5.82 Å². The van der Waals surface area contributed by atoms with Gasteiger partial charge in [0.05, 0.1) is 30.4 Å². The van der Waals surface area contributed by atoms with E-state index in [0.29, 0.717) is 28.1 Å². The Morgan fingerprint density at radius 1 is 1.19 bits per heavy atom. The fourth-order valence-electron chi connectivity index (χ4n) is 5.03. The van der Waals surface area contributed by atoms with E-state index >= 15 is 4.39 Å². The number of rotatable bonds is 9. The van der Waals surface area contributed by atoms with Crippen LogP contribution in [0.1, 0.15) is 20.3 Å². The van der Waals surface area contributed by atoms with E-state index in [4.69, 9.17) is 4.74 Å². The normalized spacial score (nSPS) is 21.5. The molecular formula is C28H28FN5O7S. The number of carboxylic acids is 1. The highest BCUT2D eigenvalue weighted by molar-refractivity contribution is 8.00. The number of ether oxygens (including phenoxy) is 1. The smallest absolute Gasteiger partial charge is 0.414 e. The van der Waals surface area contributed by atoms with Crippen LogP contribution in [-0.4, -0.2) is 71.0 Å². The van der Waals surface area contributed by atoms with Crippen molar-refractivity contribution in [1.82, 2.24) is 15.5 Å². The number of benzene rings is 1. The van der Waals surface area contributed by atoms with E-state index in [1.54, 1.807) is 48.1 Å². The van der Waals surface area contributed by atoms with Gasteiger partial charge in [0, 0.05) is 42.4 Å². The molecule has 220 valence electrons. The van der Waals surface area contributed by atoms with Crippen molar-refractivity contribution in [2.75, 3.05) is 23.7 Å². The van der Waals surface area contributed by atoms with Crippen LogP contribution in [-0.2, 0) is 30.5 Å². The largest absolute Gasteiger partial charge is 0.543 e. The number of amides is 4. The van der Waals surface area contributed by atoms with Gasteiger partial charge in [0.25, 0.3) is 5.91 Å². The van der Waals surface area contributed by atoms with Crippen molar-refractivity contribution in [2.45, 2.75) is 44.3 Å². The SMILES string of the molecule is CCC(=O)N[C@@H]1C(=O)N2C(C(=O)[O-])=C(C[n+]3ccc(-c4ccc(N5C[C@H](CNC(C)=O)OC5=O)cc4F)cc3)CSC12. The van der Waals surface area contributed by atoms with Gasteiger partial charge in [-0.1, -0.05) is 6.92 Å². The van der Waals surface area contributed by atoms with Gasteiger partial charge < -0.3 is 25.3 Å². The second-order valence-electron chi connectivity index (χ2n) is 10.0. The lowest BCUT2D eigenvalue weighted by molar-refractivity contribution is -0.689. The van der Waals surface area contributed by atoms with Crippen LogP contribution in [0.15, 0.2) is 54.0 Å². The number of halogens is 1. The number of hydrogen-bond acceptors (Lipinski definition) is 8. The van der Waals surface area contributed by atoms with Gasteiger partial charge in [0.15, 0.2) is 18.9 Å². The highest BCUT2D eigenvalue weighted by Crippen LogP contribution is 2.40. The highest BCUT2D eigenvalue weighted by Gasteiger charge is 2.53. The summed E-state index contributed by atoms with van der Waals surface area (Å²) in [5.74, 6) is -2.72. The molecule has 1 unspecified atom stereocenters. The first-order chi connectivity index (χ1) is 20.1. The van der Waals surface area contributed by atoms with Gasteiger partial charge in [-0.3, -0.25) is 24.2 Å². The first-order valence-corrected chi connectivity index (χ1v) is 14.3. The van der Waals surface area contributed by atoms with Gasteiger partial charge in [-0.15, -0.1) is 11.8 Å². The van der Waals surface area contributed by atoms with Crippen molar-refractivity contribution >= 4 is 47.2 Å². The van der Waals surface area contributed by atoms with Gasteiger partial charge in [0.1, 0.15) is 23.3 Å². The predicted molar refractivity (Wildman–Crippen MR) is 146 cm³/mol. The predicted octanol–water partition coefficient (Wildman–Crippen LogP) is 0.0554. The van der Waals surface area contributed by atoms with E-state index in [1.807, 2.05) is 0 Å². The third kappa shape index (κ3) is 5.66. The average Bonchev–Trinajstić information content (AvgIpc) is 3.35. The van der Waals surface area contributed by atoms with Crippen LogP contribution in [0.25, 0.3) is 11.1 Å². The molecule has 12 nitrogen and oxygen atoms in total. The molecule has 2 fully saturated rings. The van der Waals surface area contributed by atoms with Crippen LogP contribution in [0.2, 0.25) is 0 Å². The highest BCUT2D eigenvalue weighted by atomic mass is 32.2. The average molecular weight is 598 g/mol. The summed E-state index contributed by atoms with van der Waals surface area (Å²) in [5.41, 5.74) is 1.47. The molecule has 2 N–H and O–H groups in total. The number of thioether (sulfide) groups is 1. The minimum absolute atomic E-state index is 0.162. The Bertz CT molecular complexity index is 1500. The molecule has 2 saturated heterocycles. The number of nitrogens with one attached hydrogen (secondary N) is 2. The fourth-order valence-corrected chi connectivity index (χ4v) is 6.37. The Morgan fingerprint density at radius 3 is 2.57 bits per heavy atom. The summed E-state index contributed by atoms with van der Waals surface area (Å²) >= 11 is 1.37. The molecule has 4 heterocycles. The standard InChI is InChI=1S/C28H28FN5O7S/c1-3-22(36)31-23-25(37)34-24(27(38)39)17(14-42-26(23)34)12-32-8-6-16(7-9-32)20-5-4-18(10-21(20)29)33-13-19(41-28(33)40)11-30-15(2)35/h4-10,19,23,26H,3,11-14H2,1-2H3,(H2-,30,31,35,36,38,39)/t19-,23+,26?/m0/s1. The quantitative estimate of drug-likeness (QED) is 0.304. The van der Waals surface area contributed by atoms with E-state index in [1.165, 1.54) is 34.6 Å². The maximum absolute atomic E-state index is 15.1. The second-order valence-corrected chi connectivity index (χ2v) is 11.1. The minimum atomic E-state index is -1.47. The lowest BCUT2D eigenvalue weighted by Gasteiger charge is -2.50. The molecule has 0 saturated carbocycles. The Labute approximate surface area is 244 Å². The maximum Gasteiger partial charge on any atom is 0.414 e. The molecule has 0 bridgehead atoms. The van der Waals surface area contributed by atoms with Crippen molar-refractivity contribution in [3.05, 3.63) is 59.8 Å². The van der Waals surface area contributed by atoms with E-state index in [2.05, 4.69) is 10.6 Å². The lowest BCUT2D eigenvalue weighted by Crippen LogP contribution is -2.71. The fraction of sp³-hybridized carbons (Fsp3) is 0.357. The van der Waals surface area contributed by atoms with Gasteiger partial charge in [-0.25, -0.2) is 13.8 Å². The molecule has 42 heavy (non-hydrogen) atoms. The van der Waals surface area contributed by atoms with Crippen molar-refractivity contribution in [2.24, 2.45) is 0 Å². The zero-order valence-electron chi connectivity index (χ0n) is 22.8. The number of hydrogen-bond donors (Lipinski definition) is 2. The Kier molecular flexibility index (Phi) is 8.16. The first-order valence-electron chi connectivity index (χ1n) is 13.3. The van der Waals surface area contributed by atoms with E-state index < -0.39 is 41.3 Å². The number of β-lactam (4-membered cyclic amide) rings is 1. The zero-order chi connectivity index (χ0) is 30.1. The summed E-state index contributed by atoms with van der Waals surface area (Å²) in [6.45, 7) is 3.52. The number of aromatic nitrogens is 1. The third-order valence-electron chi connectivity index (χ3n) is 7.17. The molecule has 1 aromatic carbocycles. The van der Waals surface area contributed by atoms with Crippen molar-refractivity contribution in [1.29, 1.82) is 0 Å². The van der Waals surface area contributed by atoms with Crippen molar-refractivity contribution in [3.63, 3.8) is 0 Å². The molecule has 2 aromatic rings. The number of anilines is 1. The van der Waals surface area contributed by atoms with Gasteiger partial charge >= 0.3 is 6.09 Å². The molecule has 4 amide bonds. The molecular weight excluding hydrogens is 569 g/mol. The number of nitrogens with zero attached hydrogens (tertiary/aromatic N) is 3. The molecule has 3 aliphatic rings. The number of carbonyl (C=O) groups is 5. The number of fused-ring (bicyclic) bond motifs is 1. The third-order valence-corrected chi connectivity index (χ3v) is 8.51. The molecule has 0 aliphatic carbocycles. The summed E-state index contributed by atoms with van der Waals surface area (Å²) in [4.78, 5) is 62.3. The Morgan fingerprint density at radius 2 is 1.93 bits per heavy atom. The van der Waals surface area contributed by atoms with Gasteiger partial charge in [0.2, 0.25) is 11.8 Å². The van der Waals surface area contributed by atoms with E-state index in [9.17, 15) is 29.1 Å². The summed E-state index contributed by atoms with van der Waals surface area (Å²) in [7, 11) is 0. The van der Waals surface area contributed by atoms with Gasteiger partial charge in [-0.2, -0.15) is 0 Å². The topological polar surface area (TPSA) is 152 Å². The van der Waals surface area contributed by atoms with Crippen molar-refractivity contribution < 1.29 is 42.8 Å². The summed E-state index contributed by atoms with van der Waals surface area (Å²) in [5, 5.41) is 16.7. The second kappa shape index (κ2) is 11.8. The summed E-state index contributed by atoms with van der Waals surface area (Å²) < 4.78 is 22.1. The summed E-state index contributed by atoms with van der Waals surface area (Å²) in [6.07, 6.45) is 2.39. The molecule has 0 spiro atoms. The number of carboxylic acid groups (broad SMARTS) is 1. The number of carbonyl (C=O) groups excluding carboxylic acids is 5. The molecule has 3 atom stereocenters. The molecule has 14 heteroatoms. The minimum Gasteiger partial charge on any atom is -0.543 e. The molecule has 0 radical (unpaired) electrons. The number of cyclic esters (lactones) is 1. The van der Waals surface area contributed by atoms with Crippen LogP contribution in [0.3, 0.4) is 0 Å². The molecule has 3 aliphatic heterocycles. The van der Waals surface area contributed by atoms with Crippen LogP contribution >= 0.6 is 11.8 Å². The van der Waals surface area contributed by atoms with Crippen LogP contribution < -0.4 is 25.2 Å². The van der Waals surface area contributed by atoms with Crippen LogP contribution in [0.4, 0.5) is 14.9 Å². The van der Waals surface area contributed by atoms with Gasteiger partial charge in [-0.05, 0) is 23.8 Å². The maximum atomic E-state index is 15.1. The first kappa shape index (κ1) is 29.0. The van der Waals surface area contributed by atoms with Crippen molar-refractivity contribution in [3.8, 4) is 11.1 Å². The van der Waals surface area contributed by atoms with Crippen LogP contribution in [0.5, 0.6) is 0 Å². The Balaban J connectivity index is 1.28. The summed E-state index contributed by atoms with van der Waals surface area (Å²) in [6, 6.07) is 6.98. The zero-order valence-corrected chi connectivity index (χ0v) is 23.6. The lowest BCUT2D eigenvalue weighted by atomic mass is 10.0. The van der Waals surface area contributed by atoms with E-state index in [-0.39, 0.29) is 43.6 Å². The monoisotopic (exact) mass is 597 g/mol. The molecule has 1 aromatic heterocycles. The Hall–Kier alpha value is -4.46. The number of aliphatic carboxylic acids is 1.